The number of methoxy groups -OCH3 is 1. The average Bonchev–Trinajstić information content (AvgIpc) is 2.51. The summed E-state index contributed by atoms with van der Waals surface area (Å²) in [5.41, 5.74) is -0.512. The molecule has 0 aliphatic carbocycles. The fourth-order valence-electron chi connectivity index (χ4n) is 3.17. The van der Waals surface area contributed by atoms with Crippen LogP contribution in [0.3, 0.4) is 0 Å². The van der Waals surface area contributed by atoms with Gasteiger partial charge in [0.25, 0.3) is 0 Å². The maximum absolute atomic E-state index is 12.3. The zero-order chi connectivity index (χ0) is 15.0. The normalized spacial score (nSPS) is 26.8. The smallest absolute Gasteiger partial charge is 0.326 e. The third-order valence-electron chi connectivity index (χ3n) is 4.59. The zero-order valence-electron chi connectivity index (χ0n) is 13.5. The van der Waals surface area contributed by atoms with Gasteiger partial charge in [-0.05, 0) is 32.5 Å². The van der Waals surface area contributed by atoms with Gasteiger partial charge in [0.1, 0.15) is 5.54 Å². The molecule has 2 atom stereocenters. The third kappa shape index (κ3) is 3.93. The number of carbonyl (C=O) groups excluding carboxylic acids is 1. The minimum Gasteiger partial charge on any atom is -0.468 e. The SMILES string of the molecule is CCC1CNCCC1(NCCN(CC)CC)C(=O)OC. The van der Waals surface area contributed by atoms with Crippen molar-refractivity contribution >= 4 is 5.97 Å². The molecule has 1 aliphatic rings. The molecule has 0 aromatic rings. The summed E-state index contributed by atoms with van der Waals surface area (Å²) in [6.45, 7) is 12.1. The molecule has 0 saturated carbocycles. The topological polar surface area (TPSA) is 53.6 Å². The number of hydrogen-bond donors (Lipinski definition) is 2. The van der Waals surface area contributed by atoms with Crippen LogP contribution in [0.5, 0.6) is 0 Å². The van der Waals surface area contributed by atoms with Crippen molar-refractivity contribution in [1.29, 1.82) is 0 Å². The van der Waals surface area contributed by atoms with Crippen molar-refractivity contribution in [2.24, 2.45) is 5.92 Å². The molecule has 1 fully saturated rings. The Hall–Kier alpha value is -0.650. The number of carbonyl (C=O) groups is 1. The molecule has 5 heteroatoms. The molecule has 5 nitrogen and oxygen atoms in total. The lowest BCUT2D eigenvalue weighted by Crippen LogP contribution is -2.64. The van der Waals surface area contributed by atoms with E-state index in [4.69, 9.17) is 4.74 Å². The summed E-state index contributed by atoms with van der Waals surface area (Å²) in [6, 6.07) is 0. The summed E-state index contributed by atoms with van der Waals surface area (Å²) in [7, 11) is 1.49. The van der Waals surface area contributed by atoms with Crippen molar-refractivity contribution in [3.05, 3.63) is 0 Å². The van der Waals surface area contributed by atoms with Gasteiger partial charge in [-0.1, -0.05) is 20.8 Å². The molecular weight excluding hydrogens is 254 g/mol. The summed E-state index contributed by atoms with van der Waals surface area (Å²) in [5.74, 6) is 0.186. The highest BCUT2D eigenvalue weighted by atomic mass is 16.5. The molecule has 2 N–H and O–H groups in total. The van der Waals surface area contributed by atoms with E-state index in [-0.39, 0.29) is 5.97 Å². The summed E-state index contributed by atoms with van der Waals surface area (Å²) in [6.07, 6.45) is 1.77. The fraction of sp³-hybridized carbons (Fsp3) is 0.933. The van der Waals surface area contributed by atoms with Crippen molar-refractivity contribution in [1.82, 2.24) is 15.5 Å². The third-order valence-corrected chi connectivity index (χ3v) is 4.59. The predicted molar refractivity (Wildman–Crippen MR) is 81.8 cm³/mol. The summed E-state index contributed by atoms with van der Waals surface area (Å²) in [4.78, 5) is 14.7. The summed E-state index contributed by atoms with van der Waals surface area (Å²) < 4.78 is 5.09. The van der Waals surface area contributed by atoms with Gasteiger partial charge in [0.05, 0.1) is 7.11 Å². The van der Waals surface area contributed by atoms with Crippen LogP contribution in [0.15, 0.2) is 0 Å². The Morgan fingerprint density at radius 2 is 2.10 bits per heavy atom. The second kappa shape index (κ2) is 8.60. The van der Waals surface area contributed by atoms with Gasteiger partial charge in [-0.15, -0.1) is 0 Å². The molecule has 1 aliphatic heterocycles. The van der Waals surface area contributed by atoms with Crippen LogP contribution in [0.25, 0.3) is 0 Å². The number of nitrogens with zero attached hydrogens (tertiary/aromatic N) is 1. The van der Waals surface area contributed by atoms with Gasteiger partial charge in [-0.3, -0.25) is 4.79 Å². The molecule has 0 amide bonds. The molecule has 0 bridgehead atoms. The van der Waals surface area contributed by atoms with Gasteiger partial charge in [-0.25, -0.2) is 0 Å². The zero-order valence-corrected chi connectivity index (χ0v) is 13.5. The Morgan fingerprint density at radius 1 is 1.40 bits per heavy atom. The minimum absolute atomic E-state index is 0.106. The fourth-order valence-corrected chi connectivity index (χ4v) is 3.17. The molecule has 0 aromatic heterocycles. The molecule has 0 spiro atoms. The van der Waals surface area contributed by atoms with E-state index in [0.29, 0.717) is 5.92 Å². The first-order chi connectivity index (χ1) is 9.64. The monoisotopic (exact) mass is 285 g/mol. The number of esters is 1. The van der Waals surface area contributed by atoms with Crippen LogP contribution >= 0.6 is 0 Å². The second-order valence-electron chi connectivity index (χ2n) is 5.48. The standard InChI is InChI=1S/C15H31N3O2/c1-5-13-12-16-9-8-15(13,14(19)20-4)17-10-11-18(6-2)7-3/h13,16-17H,5-12H2,1-4H3. The van der Waals surface area contributed by atoms with E-state index in [9.17, 15) is 4.79 Å². The first-order valence-electron chi connectivity index (χ1n) is 7.91. The number of ether oxygens (including phenoxy) is 1. The predicted octanol–water partition coefficient (Wildman–Crippen LogP) is 0.849. The highest BCUT2D eigenvalue weighted by Gasteiger charge is 2.46. The molecule has 2 unspecified atom stereocenters. The maximum atomic E-state index is 12.3. The van der Waals surface area contributed by atoms with Crippen LogP contribution in [0.2, 0.25) is 0 Å². The van der Waals surface area contributed by atoms with Crippen molar-refractivity contribution in [3.63, 3.8) is 0 Å². The number of hydrogen-bond acceptors (Lipinski definition) is 5. The number of rotatable bonds is 8. The second-order valence-corrected chi connectivity index (χ2v) is 5.48. The van der Waals surface area contributed by atoms with Gasteiger partial charge in [0.15, 0.2) is 0 Å². The van der Waals surface area contributed by atoms with Gasteiger partial charge < -0.3 is 20.3 Å². The Bertz CT molecular complexity index is 295. The van der Waals surface area contributed by atoms with E-state index in [1.54, 1.807) is 0 Å². The first kappa shape index (κ1) is 17.4. The lowest BCUT2D eigenvalue weighted by atomic mass is 9.76. The van der Waals surface area contributed by atoms with E-state index in [1.807, 2.05) is 0 Å². The number of piperidine rings is 1. The quantitative estimate of drug-likeness (QED) is 0.648. The Morgan fingerprint density at radius 3 is 2.65 bits per heavy atom. The van der Waals surface area contributed by atoms with Gasteiger partial charge >= 0.3 is 5.97 Å². The largest absolute Gasteiger partial charge is 0.468 e. The molecular formula is C15H31N3O2. The molecule has 0 aromatic carbocycles. The molecule has 1 saturated heterocycles. The number of nitrogens with one attached hydrogen (secondary N) is 2. The average molecular weight is 285 g/mol. The van der Waals surface area contributed by atoms with Crippen molar-refractivity contribution < 1.29 is 9.53 Å². The van der Waals surface area contributed by atoms with E-state index in [0.717, 1.165) is 52.1 Å². The van der Waals surface area contributed by atoms with E-state index in [2.05, 4.69) is 36.3 Å². The summed E-state index contributed by atoms with van der Waals surface area (Å²) >= 11 is 0. The summed E-state index contributed by atoms with van der Waals surface area (Å²) in [5, 5.41) is 6.91. The molecule has 118 valence electrons. The lowest BCUT2D eigenvalue weighted by Gasteiger charge is -2.42. The highest BCUT2D eigenvalue weighted by Crippen LogP contribution is 2.28. The van der Waals surface area contributed by atoms with Gasteiger partial charge in [0.2, 0.25) is 0 Å². The number of likely N-dealkylation sites (N-methyl/N-ethyl adjacent to an activating group) is 1. The van der Waals surface area contributed by atoms with Crippen LogP contribution < -0.4 is 10.6 Å². The van der Waals surface area contributed by atoms with E-state index < -0.39 is 5.54 Å². The molecule has 0 radical (unpaired) electrons. The van der Waals surface area contributed by atoms with Crippen LogP contribution in [-0.4, -0.2) is 62.8 Å². The van der Waals surface area contributed by atoms with Crippen LogP contribution in [0.1, 0.15) is 33.6 Å². The Kier molecular flexibility index (Phi) is 7.48. The molecule has 1 rings (SSSR count). The van der Waals surface area contributed by atoms with E-state index >= 15 is 0 Å². The van der Waals surface area contributed by atoms with Crippen LogP contribution in [-0.2, 0) is 9.53 Å². The van der Waals surface area contributed by atoms with E-state index in [1.165, 1.54) is 7.11 Å². The van der Waals surface area contributed by atoms with Gasteiger partial charge in [0, 0.05) is 25.6 Å². The first-order valence-corrected chi connectivity index (χ1v) is 7.91. The van der Waals surface area contributed by atoms with Crippen molar-refractivity contribution in [2.45, 2.75) is 39.2 Å². The van der Waals surface area contributed by atoms with Crippen molar-refractivity contribution in [3.8, 4) is 0 Å². The Labute approximate surface area is 123 Å². The molecule has 20 heavy (non-hydrogen) atoms. The molecule has 1 heterocycles. The van der Waals surface area contributed by atoms with Crippen molar-refractivity contribution in [2.75, 3.05) is 46.4 Å². The lowest BCUT2D eigenvalue weighted by molar-refractivity contribution is -0.152. The highest BCUT2D eigenvalue weighted by molar-refractivity contribution is 5.81. The van der Waals surface area contributed by atoms with Gasteiger partial charge in [-0.2, -0.15) is 0 Å². The maximum Gasteiger partial charge on any atom is 0.326 e. The van der Waals surface area contributed by atoms with Crippen LogP contribution in [0.4, 0.5) is 0 Å². The van der Waals surface area contributed by atoms with Crippen LogP contribution in [0, 0.1) is 5.92 Å². The Balaban J connectivity index is 2.70. The minimum atomic E-state index is -0.512.